The van der Waals surface area contributed by atoms with Crippen LogP contribution in [-0.4, -0.2) is 0 Å². The van der Waals surface area contributed by atoms with Gasteiger partial charge in [-0.3, -0.25) is 0 Å². The number of nitrogens with one attached hydrogen (secondary N) is 1. The van der Waals surface area contributed by atoms with Crippen LogP contribution >= 0.6 is 0 Å². The number of hydrogen-bond donors (Lipinski definition) is 1. The van der Waals surface area contributed by atoms with Crippen LogP contribution in [0.1, 0.15) is 22.7 Å². The van der Waals surface area contributed by atoms with E-state index in [1.165, 1.54) is 34.4 Å². The molecule has 0 atom stereocenters. The molecule has 1 aliphatic rings. The standard InChI is InChI=1S/C20H16FN/c21-15-11-9-14(10-12-15)13-22-20-18-7-3-1-5-16(18)17-6-2-4-8-19(17)20/h1-12,20,22H,13H2. The summed E-state index contributed by atoms with van der Waals surface area (Å²) in [6, 6.07) is 23.9. The number of hydrogen-bond acceptors (Lipinski definition) is 1. The van der Waals surface area contributed by atoms with Gasteiger partial charge in [0.15, 0.2) is 0 Å². The number of fused-ring (bicyclic) bond motifs is 3. The summed E-state index contributed by atoms with van der Waals surface area (Å²) in [5.74, 6) is -0.194. The summed E-state index contributed by atoms with van der Waals surface area (Å²) < 4.78 is 13.0. The molecule has 0 fully saturated rings. The molecule has 0 aromatic heterocycles. The topological polar surface area (TPSA) is 12.0 Å². The lowest BCUT2D eigenvalue weighted by Gasteiger charge is -2.16. The van der Waals surface area contributed by atoms with E-state index >= 15 is 0 Å². The van der Waals surface area contributed by atoms with Gasteiger partial charge in [-0.2, -0.15) is 0 Å². The zero-order valence-corrected chi connectivity index (χ0v) is 12.1. The van der Waals surface area contributed by atoms with E-state index in [0.717, 1.165) is 5.56 Å². The Balaban J connectivity index is 1.65. The van der Waals surface area contributed by atoms with Gasteiger partial charge in [0.1, 0.15) is 5.82 Å². The van der Waals surface area contributed by atoms with Crippen LogP contribution in [-0.2, 0) is 6.54 Å². The molecule has 0 bridgehead atoms. The average Bonchev–Trinajstić information content (AvgIpc) is 2.89. The van der Waals surface area contributed by atoms with Gasteiger partial charge in [0, 0.05) is 6.54 Å². The predicted octanol–water partition coefficient (Wildman–Crippen LogP) is 4.69. The fourth-order valence-corrected chi connectivity index (χ4v) is 3.20. The second-order valence-corrected chi connectivity index (χ2v) is 5.61. The first kappa shape index (κ1) is 13.2. The van der Waals surface area contributed by atoms with Gasteiger partial charge in [-0.1, -0.05) is 60.7 Å². The Labute approximate surface area is 129 Å². The normalized spacial score (nSPS) is 13.0. The molecule has 0 heterocycles. The van der Waals surface area contributed by atoms with Crippen LogP contribution in [0.4, 0.5) is 4.39 Å². The molecule has 3 aromatic carbocycles. The Morgan fingerprint density at radius 3 is 1.86 bits per heavy atom. The van der Waals surface area contributed by atoms with E-state index in [1.807, 2.05) is 12.1 Å². The van der Waals surface area contributed by atoms with Crippen LogP contribution in [0.2, 0.25) is 0 Å². The Kier molecular flexibility index (Phi) is 3.24. The van der Waals surface area contributed by atoms with Crippen molar-refractivity contribution >= 4 is 0 Å². The molecule has 0 amide bonds. The Morgan fingerprint density at radius 1 is 0.727 bits per heavy atom. The van der Waals surface area contributed by atoms with Crippen molar-refractivity contribution in [3.63, 3.8) is 0 Å². The van der Waals surface area contributed by atoms with Gasteiger partial charge in [0.05, 0.1) is 6.04 Å². The van der Waals surface area contributed by atoms with Gasteiger partial charge in [0.2, 0.25) is 0 Å². The second kappa shape index (κ2) is 5.39. The van der Waals surface area contributed by atoms with Crippen molar-refractivity contribution in [3.8, 4) is 11.1 Å². The first-order chi connectivity index (χ1) is 10.8. The van der Waals surface area contributed by atoms with E-state index in [0.29, 0.717) is 6.54 Å². The quantitative estimate of drug-likeness (QED) is 0.738. The highest BCUT2D eigenvalue weighted by Gasteiger charge is 2.27. The molecular weight excluding hydrogens is 273 g/mol. The molecule has 1 nitrogen and oxygen atoms in total. The third kappa shape index (κ3) is 2.22. The van der Waals surface area contributed by atoms with Gasteiger partial charge >= 0.3 is 0 Å². The largest absolute Gasteiger partial charge is 0.302 e. The van der Waals surface area contributed by atoms with Gasteiger partial charge in [-0.05, 0) is 39.9 Å². The van der Waals surface area contributed by atoms with E-state index < -0.39 is 0 Å². The van der Waals surface area contributed by atoms with Crippen LogP contribution in [0.25, 0.3) is 11.1 Å². The SMILES string of the molecule is Fc1ccc(CNC2c3ccccc3-c3ccccc32)cc1. The highest BCUT2D eigenvalue weighted by Crippen LogP contribution is 2.43. The van der Waals surface area contributed by atoms with Gasteiger partial charge < -0.3 is 5.32 Å². The van der Waals surface area contributed by atoms with Gasteiger partial charge in [-0.25, -0.2) is 4.39 Å². The summed E-state index contributed by atoms with van der Waals surface area (Å²) in [5, 5.41) is 3.61. The molecule has 0 unspecified atom stereocenters. The zero-order valence-electron chi connectivity index (χ0n) is 12.1. The summed E-state index contributed by atoms with van der Waals surface area (Å²) in [5.41, 5.74) is 6.31. The predicted molar refractivity (Wildman–Crippen MR) is 87.0 cm³/mol. The average molecular weight is 289 g/mol. The van der Waals surface area contributed by atoms with E-state index in [2.05, 4.69) is 53.8 Å². The molecule has 1 aliphatic carbocycles. The van der Waals surface area contributed by atoms with Crippen molar-refractivity contribution in [3.05, 3.63) is 95.3 Å². The molecule has 1 N–H and O–H groups in total. The maximum atomic E-state index is 13.0. The van der Waals surface area contributed by atoms with Crippen LogP contribution < -0.4 is 5.32 Å². The molecule has 0 radical (unpaired) electrons. The molecule has 22 heavy (non-hydrogen) atoms. The van der Waals surface area contributed by atoms with E-state index in [-0.39, 0.29) is 11.9 Å². The smallest absolute Gasteiger partial charge is 0.123 e. The van der Waals surface area contributed by atoms with Crippen molar-refractivity contribution in [2.45, 2.75) is 12.6 Å². The van der Waals surface area contributed by atoms with E-state index in [1.54, 1.807) is 0 Å². The fourth-order valence-electron chi connectivity index (χ4n) is 3.20. The monoisotopic (exact) mass is 289 g/mol. The fraction of sp³-hybridized carbons (Fsp3) is 0.100. The lowest BCUT2D eigenvalue weighted by molar-refractivity contribution is 0.608. The van der Waals surface area contributed by atoms with Gasteiger partial charge in [0.25, 0.3) is 0 Å². The zero-order chi connectivity index (χ0) is 14.9. The molecule has 4 rings (SSSR count). The summed E-state index contributed by atoms with van der Waals surface area (Å²) in [7, 11) is 0. The molecule has 0 saturated carbocycles. The first-order valence-electron chi connectivity index (χ1n) is 7.49. The van der Waals surface area contributed by atoms with Crippen molar-refractivity contribution in [2.75, 3.05) is 0 Å². The van der Waals surface area contributed by atoms with E-state index in [9.17, 15) is 4.39 Å². The van der Waals surface area contributed by atoms with Crippen LogP contribution in [0.3, 0.4) is 0 Å². The molecule has 2 heteroatoms. The van der Waals surface area contributed by atoms with Crippen LogP contribution in [0.5, 0.6) is 0 Å². The van der Waals surface area contributed by atoms with Crippen molar-refractivity contribution in [2.24, 2.45) is 0 Å². The highest BCUT2D eigenvalue weighted by atomic mass is 19.1. The molecular formula is C20H16FN. The minimum Gasteiger partial charge on any atom is -0.302 e. The Hall–Kier alpha value is -2.45. The summed E-state index contributed by atoms with van der Waals surface area (Å²) >= 11 is 0. The maximum absolute atomic E-state index is 13.0. The Morgan fingerprint density at radius 2 is 1.27 bits per heavy atom. The third-order valence-corrected chi connectivity index (χ3v) is 4.26. The molecule has 0 aliphatic heterocycles. The molecule has 108 valence electrons. The summed E-state index contributed by atoms with van der Waals surface area (Å²) in [4.78, 5) is 0. The highest BCUT2D eigenvalue weighted by molar-refractivity contribution is 5.78. The van der Waals surface area contributed by atoms with Gasteiger partial charge in [-0.15, -0.1) is 0 Å². The minimum absolute atomic E-state index is 0.192. The van der Waals surface area contributed by atoms with Crippen LogP contribution in [0, 0.1) is 5.82 Å². The molecule has 0 saturated heterocycles. The summed E-state index contributed by atoms with van der Waals surface area (Å²) in [6.45, 7) is 0.716. The van der Waals surface area contributed by atoms with E-state index in [4.69, 9.17) is 0 Å². The summed E-state index contributed by atoms with van der Waals surface area (Å²) in [6.07, 6.45) is 0. The lowest BCUT2D eigenvalue weighted by atomic mass is 10.0. The second-order valence-electron chi connectivity index (χ2n) is 5.61. The minimum atomic E-state index is -0.194. The first-order valence-corrected chi connectivity index (χ1v) is 7.49. The molecule has 3 aromatic rings. The van der Waals surface area contributed by atoms with Crippen LogP contribution in [0.15, 0.2) is 72.8 Å². The molecule has 0 spiro atoms. The maximum Gasteiger partial charge on any atom is 0.123 e. The van der Waals surface area contributed by atoms with Crippen molar-refractivity contribution in [1.29, 1.82) is 0 Å². The third-order valence-electron chi connectivity index (χ3n) is 4.26. The number of benzene rings is 3. The number of rotatable bonds is 3. The Bertz CT molecular complexity index is 762. The number of halogens is 1. The lowest BCUT2D eigenvalue weighted by Crippen LogP contribution is -2.20. The van der Waals surface area contributed by atoms with Crippen molar-refractivity contribution in [1.82, 2.24) is 5.32 Å². The van der Waals surface area contributed by atoms with Crippen molar-refractivity contribution < 1.29 is 4.39 Å².